The fourth-order valence-corrected chi connectivity index (χ4v) is 1.14. The van der Waals surface area contributed by atoms with E-state index in [1.165, 1.54) is 12.1 Å². The molecule has 1 rings (SSSR count). The molecule has 6 nitrogen and oxygen atoms in total. The molecular formula is C6H5N3O3S. The lowest BCUT2D eigenvalue weighted by atomic mass is 10.3. The second-order valence-corrected chi connectivity index (χ2v) is 3.18. The molecule has 7 heteroatoms. The molecule has 0 unspecified atom stereocenters. The van der Waals surface area contributed by atoms with Crippen LogP contribution in [-0.2, 0) is 10.3 Å². The molecule has 0 aliphatic heterocycles. The Morgan fingerprint density at radius 3 is 2.46 bits per heavy atom. The van der Waals surface area contributed by atoms with Crippen LogP contribution in [0, 0.1) is 0 Å². The number of nitrogens with zero attached hydrogens (tertiary/aromatic N) is 3. The van der Waals surface area contributed by atoms with Crippen LogP contribution in [-0.4, -0.2) is 8.42 Å². The lowest BCUT2D eigenvalue weighted by Crippen LogP contribution is -2.03. The van der Waals surface area contributed by atoms with E-state index in [0.29, 0.717) is 0 Å². The largest absolute Gasteiger partial charge is 0.403 e. The van der Waals surface area contributed by atoms with Crippen molar-refractivity contribution in [3.63, 3.8) is 0 Å². The fourth-order valence-electron chi connectivity index (χ4n) is 0.659. The molecule has 1 aromatic carbocycles. The fraction of sp³-hybridized carbons (Fsp3) is 0. The Morgan fingerprint density at radius 1 is 1.31 bits per heavy atom. The predicted molar refractivity (Wildman–Crippen MR) is 45.1 cm³/mol. The zero-order chi connectivity index (χ0) is 9.73. The van der Waals surface area contributed by atoms with Crippen molar-refractivity contribution in [3.05, 3.63) is 40.8 Å². The Labute approximate surface area is 74.6 Å². The van der Waals surface area contributed by atoms with Crippen molar-refractivity contribution in [3.8, 4) is 5.75 Å². The molecule has 0 heterocycles. The molecule has 1 aromatic rings. The van der Waals surface area contributed by atoms with Crippen molar-refractivity contribution in [2.24, 2.45) is 4.52 Å². The summed E-state index contributed by atoms with van der Waals surface area (Å²) in [5, 5.41) is 0. The van der Waals surface area contributed by atoms with Crippen molar-refractivity contribution < 1.29 is 12.6 Å². The molecule has 68 valence electrons. The Kier molecular flexibility index (Phi) is 2.73. The van der Waals surface area contributed by atoms with Crippen LogP contribution in [0.4, 0.5) is 0 Å². The minimum absolute atomic E-state index is 0.106. The summed E-state index contributed by atoms with van der Waals surface area (Å²) in [7, 11) is -4.18. The van der Waals surface area contributed by atoms with Crippen molar-refractivity contribution in [2.75, 3.05) is 0 Å². The van der Waals surface area contributed by atoms with Crippen molar-refractivity contribution in [2.45, 2.75) is 0 Å². The van der Waals surface area contributed by atoms with Gasteiger partial charge in [0.1, 0.15) is 5.75 Å². The highest BCUT2D eigenvalue weighted by Gasteiger charge is 2.08. The van der Waals surface area contributed by atoms with Crippen molar-refractivity contribution in [1.82, 2.24) is 0 Å². The molecule has 0 amide bonds. The lowest BCUT2D eigenvalue weighted by molar-refractivity contribution is 0.487. The van der Waals surface area contributed by atoms with Gasteiger partial charge in [0.2, 0.25) is 0 Å². The quantitative estimate of drug-likeness (QED) is 0.420. The zero-order valence-electron chi connectivity index (χ0n) is 6.36. The van der Waals surface area contributed by atoms with Crippen molar-refractivity contribution >= 4 is 10.3 Å². The van der Waals surface area contributed by atoms with E-state index in [1.54, 1.807) is 18.2 Å². The topological polar surface area (TPSA) is 92.1 Å². The molecule has 0 aliphatic rings. The van der Waals surface area contributed by atoms with Gasteiger partial charge in [0.05, 0.1) is 4.52 Å². The molecule has 0 bridgehead atoms. The summed E-state index contributed by atoms with van der Waals surface area (Å²) in [6, 6.07) is 7.77. The third kappa shape index (κ3) is 3.02. The standard InChI is InChI=1S/C6H5N3O3S/c7-8-9-13(10,11)12-6-4-2-1-3-5-6/h1-5H. The normalized spacial score (nSPS) is 10.2. The molecule has 0 fully saturated rings. The number of benzene rings is 1. The van der Waals surface area contributed by atoms with E-state index < -0.39 is 10.3 Å². The Bertz CT molecular complexity index is 422. The second-order valence-electron chi connectivity index (χ2n) is 2.00. The summed E-state index contributed by atoms with van der Waals surface area (Å²) in [5.74, 6) is 0.106. The van der Waals surface area contributed by atoms with Crippen LogP contribution in [0.5, 0.6) is 5.75 Å². The molecule has 0 aromatic heterocycles. The average molecular weight is 199 g/mol. The van der Waals surface area contributed by atoms with E-state index >= 15 is 0 Å². The summed E-state index contributed by atoms with van der Waals surface area (Å²) in [6.45, 7) is 0. The van der Waals surface area contributed by atoms with E-state index in [4.69, 9.17) is 5.53 Å². The number of para-hydroxylation sites is 1. The Hall–Kier alpha value is -1.72. The van der Waals surface area contributed by atoms with Gasteiger partial charge in [0, 0.05) is 4.91 Å². The number of hydrogen-bond donors (Lipinski definition) is 0. The minimum atomic E-state index is -4.18. The van der Waals surface area contributed by atoms with Gasteiger partial charge in [-0.2, -0.15) is 8.42 Å². The molecule has 0 saturated heterocycles. The summed E-state index contributed by atoms with van der Waals surface area (Å²) >= 11 is 0. The maximum absolute atomic E-state index is 10.8. The summed E-state index contributed by atoms with van der Waals surface area (Å²) in [4.78, 5) is 2.12. The third-order valence-electron chi connectivity index (χ3n) is 1.08. The minimum Gasteiger partial charge on any atom is -0.377 e. The summed E-state index contributed by atoms with van der Waals surface area (Å²) in [6.07, 6.45) is 0. The Morgan fingerprint density at radius 2 is 1.92 bits per heavy atom. The van der Waals surface area contributed by atoms with Crippen LogP contribution in [0.15, 0.2) is 34.9 Å². The van der Waals surface area contributed by atoms with E-state index in [2.05, 4.69) is 13.6 Å². The highest BCUT2D eigenvalue weighted by atomic mass is 32.2. The van der Waals surface area contributed by atoms with Gasteiger partial charge in [-0.3, -0.25) is 0 Å². The zero-order valence-corrected chi connectivity index (χ0v) is 7.18. The predicted octanol–water partition coefficient (Wildman–Crippen LogP) is 1.62. The van der Waals surface area contributed by atoms with Gasteiger partial charge in [-0.25, -0.2) is 0 Å². The summed E-state index contributed by atoms with van der Waals surface area (Å²) < 4.78 is 28.4. The molecule has 0 saturated carbocycles. The third-order valence-corrected chi connectivity index (χ3v) is 1.76. The van der Waals surface area contributed by atoms with Gasteiger partial charge < -0.3 is 4.18 Å². The molecule has 0 aliphatic carbocycles. The first-order valence-electron chi connectivity index (χ1n) is 3.20. The van der Waals surface area contributed by atoms with Gasteiger partial charge in [-0.05, 0) is 17.7 Å². The van der Waals surface area contributed by atoms with Gasteiger partial charge in [0.15, 0.2) is 0 Å². The van der Waals surface area contributed by atoms with Crippen LogP contribution in [0.25, 0.3) is 10.4 Å². The molecule has 13 heavy (non-hydrogen) atoms. The maximum Gasteiger partial charge on any atom is 0.403 e. The first-order valence-corrected chi connectivity index (χ1v) is 4.56. The van der Waals surface area contributed by atoms with Crippen molar-refractivity contribution in [1.29, 1.82) is 0 Å². The van der Waals surface area contributed by atoms with Gasteiger partial charge in [-0.15, -0.1) is 0 Å². The molecule has 0 spiro atoms. The van der Waals surface area contributed by atoms with Crippen LogP contribution in [0.2, 0.25) is 0 Å². The Balaban J connectivity index is 2.88. The van der Waals surface area contributed by atoms with Gasteiger partial charge in [-0.1, -0.05) is 18.2 Å². The smallest absolute Gasteiger partial charge is 0.377 e. The second kappa shape index (κ2) is 3.79. The van der Waals surface area contributed by atoms with Crippen LogP contribution in [0.1, 0.15) is 0 Å². The molecule has 0 atom stereocenters. The highest BCUT2D eigenvalue weighted by Crippen LogP contribution is 2.11. The molecule has 0 N–H and O–H groups in total. The molecule has 0 radical (unpaired) electrons. The van der Waals surface area contributed by atoms with Gasteiger partial charge in [0.25, 0.3) is 0 Å². The van der Waals surface area contributed by atoms with Crippen LogP contribution >= 0.6 is 0 Å². The van der Waals surface area contributed by atoms with E-state index in [0.717, 1.165) is 0 Å². The monoisotopic (exact) mass is 199 g/mol. The maximum atomic E-state index is 10.8. The average Bonchev–Trinajstić information content (AvgIpc) is 2.04. The first kappa shape index (κ1) is 9.37. The number of azide groups is 1. The SMILES string of the molecule is [N-]=[N+]=NS(=O)(=O)Oc1ccccc1. The van der Waals surface area contributed by atoms with Crippen LogP contribution < -0.4 is 4.18 Å². The molecular weight excluding hydrogens is 194 g/mol. The summed E-state index contributed by atoms with van der Waals surface area (Å²) in [5.41, 5.74) is 7.88. The number of rotatable bonds is 3. The van der Waals surface area contributed by atoms with Crippen LogP contribution in [0.3, 0.4) is 0 Å². The van der Waals surface area contributed by atoms with E-state index in [-0.39, 0.29) is 5.75 Å². The first-order chi connectivity index (χ1) is 6.14. The number of hydrogen-bond acceptors (Lipinski definition) is 3. The van der Waals surface area contributed by atoms with E-state index in [9.17, 15) is 8.42 Å². The van der Waals surface area contributed by atoms with Gasteiger partial charge >= 0.3 is 10.3 Å². The highest BCUT2D eigenvalue weighted by molar-refractivity contribution is 7.85. The van der Waals surface area contributed by atoms with E-state index in [1.807, 2.05) is 0 Å². The lowest BCUT2D eigenvalue weighted by Gasteiger charge is -1.99.